The molecule has 0 saturated heterocycles. The predicted octanol–water partition coefficient (Wildman–Crippen LogP) is 3.17. The largest absolute Gasteiger partial charge is 0.444 e. The molecule has 0 aromatic heterocycles. The molecule has 2 unspecified atom stereocenters. The highest BCUT2D eigenvalue weighted by molar-refractivity contribution is 5.67. The van der Waals surface area contributed by atoms with Crippen LogP contribution in [-0.4, -0.2) is 30.8 Å². The fourth-order valence-corrected chi connectivity index (χ4v) is 1.57. The highest BCUT2D eigenvalue weighted by Crippen LogP contribution is 2.10. The van der Waals surface area contributed by atoms with E-state index in [1.54, 1.807) is 0 Å². The number of carbonyl (C=O) groups is 1. The Balaban J connectivity index is 4.11. The Morgan fingerprint density at radius 2 is 1.74 bits per heavy atom. The molecule has 0 saturated carbocycles. The van der Waals surface area contributed by atoms with Crippen molar-refractivity contribution in [2.75, 3.05) is 13.1 Å². The summed E-state index contributed by atoms with van der Waals surface area (Å²) in [4.78, 5) is 11.6. The Bertz CT molecular complexity index is 259. The standard InChI is InChI=1S/C15H32N2O2/c1-8-12(4)16-9-13(11(2)3)10-17-14(18)19-15(5,6)7/h11-13,16H,8-10H2,1-7H3,(H,17,18). The lowest BCUT2D eigenvalue weighted by Gasteiger charge is -2.25. The molecule has 4 heteroatoms. The molecule has 0 bridgehead atoms. The van der Waals surface area contributed by atoms with Crippen LogP contribution >= 0.6 is 0 Å². The first-order valence-electron chi connectivity index (χ1n) is 7.36. The Morgan fingerprint density at radius 3 is 2.16 bits per heavy atom. The minimum atomic E-state index is -0.438. The molecule has 0 aliphatic heterocycles. The van der Waals surface area contributed by atoms with Crippen molar-refractivity contribution < 1.29 is 9.53 Å². The first kappa shape index (κ1) is 18.2. The molecule has 2 N–H and O–H groups in total. The van der Waals surface area contributed by atoms with E-state index in [4.69, 9.17) is 4.74 Å². The average molecular weight is 272 g/mol. The monoisotopic (exact) mass is 272 g/mol. The first-order chi connectivity index (χ1) is 8.65. The minimum Gasteiger partial charge on any atom is -0.444 e. The van der Waals surface area contributed by atoms with E-state index >= 15 is 0 Å². The smallest absolute Gasteiger partial charge is 0.407 e. The summed E-state index contributed by atoms with van der Waals surface area (Å²) < 4.78 is 5.24. The molecular formula is C15H32N2O2. The molecule has 4 nitrogen and oxygen atoms in total. The van der Waals surface area contributed by atoms with Crippen molar-refractivity contribution in [1.29, 1.82) is 0 Å². The van der Waals surface area contributed by atoms with Gasteiger partial charge < -0.3 is 15.4 Å². The third-order valence-electron chi connectivity index (χ3n) is 3.19. The molecule has 0 aromatic carbocycles. The lowest BCUT2D eigenvalue weighted by molar-refractivity contribution is 0.0514. The van der Waals surface area contributed by atoms with Crippen molar-refractivity contribution in [2.24, 2.45) is 11.8 Å². The van der Waals surface area contributed by atoms with E-state index in [2.05, 4.69) is 38.3 Å². The lowest BCUT2D eigenvalue weighted by Crippen LogP contribution is -2.41. The summed E-state index contributed by atoms with van der Waals surface area (Å²) in [5.74, 6) is 0.938. The minimum absolute atomic E-state index is 0.332. The van der Waals surface area contributed by atoms with Gasteiger partial charge in [0, 0.05) is 19.1 Å². The van der Waals surface area contributed by atoms with Crippen molar-refractivity contribution in [1.82, 2.24) is 10.6 Å². The fraction of sp³-hybridized carbons (Fsp3) is 0.933. The summed E-state index contributed by atoms with van der Waals surface area (Å²) in [6.07, 6.45) is 0.784. The van der Waals surface area contributed by atoms with Gasteiger partial charge in [-0.25, -0.2) is 4.79 Å². The van der Waals surface area contributed by atoms with Crippen LogP contribution in [0.2, 0.25) is 0 Å². The maximum Gasteiger partial charge on any atom is 0.407 e. The van der Waals surface area contributed by atoms with Crippen LogP contribution in [0.15, 0.2) is 0 Å². The number of alkyl carbamates (subject to hydrolysis) is 1. The highest BCUT2D eigenvalue weighted by Gasteiger charge is 2.19. The lowest BCUT2D eigenvalue weighted by atomic mass is 9.95. The van der Waals surface area contributed by atoms with E-state index in [0.717, 1.165) is 13.0 Å². The zero-order chi connectivity index (χ0) is 15.1. The molecule has 114 valence electrons. The van der Waals surface area contributed by atoms with Gasteiger partial charge >= 0.3 is 6.09 Å². The molecule has 19 heavy (non-hydrogen) atoms. The Hall–Kier alpha value is -0.770. The van der Waals surface area contributed by atoms with Crippen molar-refractivity contribution in [2.45, 2.75) is 66.5 Å². The number of carbonyl (C=O) groups excluding carboxylic acids is 1. The summed E-state index contributed by atoms with van der Waals surface area (Å²) in [6.45, 7) is 15.9. The van der Waals surface area contributed by atoms with Gasteiger partial charge in [-0.15, -0.1) is 0 Å². The Kier molecular flexibility index (Phi) is 8.07. The van der Waals surface area contributed by atoms with Crippen LogP contribution in [0, 0.1) is 11.8 Å². The maximum atomic E-state index is 11.6. The Morgan fingerprint density at radius 1 is 1.16 bits per heavy atom. The molecule has 0 aliphatic rings. The SMILES string of the molecule is CCC(C)NCC(CNC(=O)OC(C)(C)C)C(C)C. The number of ether oxygens (including phenoxy) is 1. The zero-order valence-corrected chi connectivity index (χ0v) is 13.7. The van der Waals surface area contributed by atoms with E-state index in [1.165, 1.54) is 0 Å². The average Bonchev–Trinajstić information content (AvgIpc) is 2.25. The van der Waals surface area contributed by atoms with Gasteiger partial charge in [0.25, 0.3) is 0 Å². The normalized spacial score (nSPS) is 15.2. The van der Waals surface area contributed by atoms with Gasteiger partial charge in [-0.3, -0.25) is 0 Å². The quantitative estimate of drug-likeness (QED) is 0.748. The summed E-state index contributed by atoms with van der Waals surface area (Å²) in [6, 6.07) is 0.516. The van der Waals surface area contributed by atoms with Crippen LogP contribution in [0.5, 0.6) is 0 Å². The van der Waals surface area contributed by atoms with Crippen LogP contribution in [0.25, 0.3) is 0 Å². The van der Waals surface area contributed by atoms with Crippen molar-refractivity contribution in [3.63, 3.8) is 0 Å². The summed E-state index contributed by atoms with van der Waals surface area (Å²) in [7, 11) is 0. The van der Waals surface area contributed by atoms with Crippen molar-refractivity contribution in [3.05, 3.63) is 0 Å². The second kappa shape index (κ2) is 8.41. The van der Waals surface area contributed by atoms with E-state index in [9.17, 15) is 4.79 Å². The van der Waals surface area contributed by atoms with Crippen molar-refractivity contribution in [3.8, 4) is 0 Å². The number of rotatable bonds is 7. The van der Waals surface area contributed by atoms with Crippen LogP contribution in [-0.2, 0) is 4.74 Å². The van der Waals surface area contributed by atoms with Gasteiger partial charge in [0.15, 0.2) is 0 Å². The van der Waals surface area contributed by atoms with E-state index < -0.39 is 5.60 Å². The van der Waals surface area contributed by atoms with Gasteiger partial charge in [-0.05, 0) is 46.0 Å². The van der Waals surface area contributed by atoms with Crippen LogP contribution in [0.4, 0.5) is 4.79 Å². The molecule has 0 rings (SSSR count). The summed E-state index contributed by atoms with van der Waals surface area (Å²) in [5.41, 5.74) is -0.438. The maximum absolute atomic E-state index is 11.6. The van der Waals surface area contributed by atoms with E-state index in [0.29, 0.717) is 24.4 Å². The van der Waals surface area contributed by atoms with Crippen LogP contribution in [0.3, 0.4) is 0 Å². The topological polar surface area (TPSA) is 50.4 Å². The number of nitrogens with one attached hydrogen (secondary N) is 2. The van der Waals surface area contributed by atoms with E-state index in [-0.39, 0.29) is 6.09 Å². The molecule has 0 heterocycles. The molecular weight excluding hydrogens is 240 g/mol. The molecule has 2 atom stereocenters. The summed E-state index contributed by atoms with van der Waals surface area (Å²) >= 11 is 0. The summed E-state index contributed by atoms with van der Waals surface area (Å²) in [5, 5.41) is 6.35. The first-order valence-corrected chi connectivity index (χ1v) is 7.36. The third-order valence-corrected chi connectivity index (χ3v) is 3.19. The number of hydrogen-bond donors (Lipinski definition) is 2. The highest BCUT2D eigenvalue weighted by atomic mass is 16.6. The zero-order valence-electron chi connectivity index (χ0n) is 13.7. The van der Waals surface area contributed by atoms with Crippen LogP contribution < -0.4 is 10.6 Å². The predicted molar refractivity (Wildman–Crippen MR) is 80.3 cm³/mol. The van der Waals surface area contributed by atoms with Gasteiger partial charge in [0.05, 0.1) is 0 Å². The fourth-order valence-electron chi connectivity index (χ4n) is 1.57. The van der Waals surface area contributed by atoms with Gasteiger partial charge in [0.1, 0.15) is 5.60 Å². The third kappa shape index (κ3) is 9.77. The molecule has 0 spiro atoms. The Labute approximate surface area is 118 Å². The second-order valence-electron chi connectivity index (χ2n) is 6.60. The molecule has 1 amide bonds. The molecule has 0 aromatic rings. The molecule has 0 radical (unpaired) electrons. The van der Waals surface area contributed by atoms with Crippen LogP contribution in [0.1, 0.15) is 54.9 Å². The molecule has 0 aliphatic carbocycles. The van der Waals surface area contributed by atoms with Gasteiger partial charge in [0.2, 0.25) is 0 Å². The van der Waals surface area contributed by atoms with E-state index in [1.807, 2.05) is 20.8 Å². The van der Waals surface area contributed by atoms with Gasteiger partial charge in [-0.2, -0.15) is 0 Å². The van der Waals surface area contributed by atoms with Gasteiger partial charge in [-0.1, -0.05) is 20.8 Å². The second-order valence-corrected chi connectivity index (χ2v) is 6.60. The van der Waals surface area contributed by atoms with Crippen molar-refractivity contribution >= 4 is 6.09 Å². The number of amides is 1. The molecule has 0 fully saturated rings. The number of hydrogen-bond acceptors (Lipinski definition) is 3.